The van der Waals surface area contributed by atoms with Gasteiger partial charge in [0.1, 0.15) is 0 Å². The summed E-state index contributed by atoms with van der Waals surface area (Å²) in [5.74, 6) is 0. The summed E-state index contributed by atoms with van der Waals surface area (Å²) in [5.41, 5.74) is 0. The Balaban J connectivity index is 2.28. The molecule has 1 aliphatic rings. The summed E-state index contributed by atoms with van der Waals surface area (Å²) in [4.78, 5) is 4.10. The second-order valence-corrected chi connectivity index (χ2v) is 1.78. The molecule has 0 spiro atoms. The van der Waals surface area contributed by atoms with Crippen molar-refractivity contribution in [3.63, 3.8) is 0 Å². The maximum absolute atomic E-state index is 4.10. The molecule has 0 radical (unpaired) electrons. The van der Waals surface area contributed by atoms with Gasteiger partial charge in [-0.05, 0) is 0 Å². The third-order valence-corrected chi connectivity index (χ3v) is 1.04. The van der Waals surface area contributed by atoms with Crippen LogP contribution in [0.1, 0.15) is 0 Å². The lowest BCUT2D eigenvalue weighted by molar-refractivity contribution is 0.844. The van der Waals surface area contributed by atoms with E-state index in [-0.39, 0.29) is 0 Å². The van der Waals surface area contributed by atoms with Crippen LogP contribution in [-0.4, -0.2) is 25.8 Å². The minimum Gasteiger partial charge on any atom is -0.388 e. The van der Waals surface area contributed by atoms with E-state index in [2.05, 4.69) is 15.6 Å². The zero-order chi connectivity index (χ0) is 6.36. The third-order valence-electron chi connectivity index (χ3n) is 1.04. The van der Waals surface area contributed by atoms with Gasteiger partial charge in [0, 0.05) is 31.7 Å². The van der Waals surface area contributed by atoms with Crippen LogP contribution in [0.15, 0.2) is 17.4 Å². The van der Waals surface area contributed by atoms with Gasteiger partial charge in [-0.15, -0.1) is 0 Å². The lowest BCUT2D eigenvalue weighted by Gasteiger charge is -1.92. The number of nitrogens with zero attached hydrogens (tertiary/aromatic N) is 1. The number of hydrogen-bond donors (Lipinski definition) is 2. The Kier molecular flexibility index (Phi) is 2.69. The van der Waals surface area contributed by atoms with Crippen LogP contribution in [0, 0.1) is 0 Å². The van der Waals surface area contributed by atoms with Gasteiger partial charge in [0.2, 0.25) is 0 Å². The normalized spacial score (nSPS) is 18.7. The molecule has 9 heavy (non-hydrogen) atoms. The van der Waals surface area contributed by atoms with Crippen LogP contribution in [0.5, 0.6) is 0 Å². The maximum atomic E-state index is 4.10. The van der Waals surface area contributed by atoms with Crippen LogP contribution in [0.3, 0.4) is 0 Å². The van der Waals surface area contributed by atoms with Gasteiger partial charge < -0.3 is 10.6 Å². The van der Waals surface area contributed by atoms with Crippen LogP contribution in [-0.2, 0) is 0 Å². The van der Waals surface area contributed by atoms with Crippen molar-refractivity contribution in [2.24, 2.45) is 4.99 Å². The topological polar surface area (TPSA) is 36.4 Å². The van der Waals surface area contributed by atoms with Gasteiger partial charge in [-0.1, -0.05) is 0 Å². The number of hydrogen-bond acceptors (Lipinski definition) is 3. The highest BCUT2D eigenvalue weighted by molar-refractivity contribution is 5.59. The van der Waals surface area contributed by atoms with Crippen LogP contribution < -0.4 is 10.6 Å². The summed E-state index contributed by atoms with van der Waals surface area (Å²) >= 11 is 0. The average Bonchev–Trinajstić information content (AvgIpc) is 2.00. The smallest absolute Gasteiger partial charge is 0.0559 e. The summed E-state index contributed by atoms with van der Waals surface area (Å²) in [6.07, 6.45) is 5.67. The van der Waals surface area contributed by atoms with E-state index < -0.39 is 0 Å². The molecule has 0 atom stereocenters. The first-order valence-electron chi connectivity index (χ1n) is 3.10. The van der Waals surface area contributed by atoms with Gasteiger partial charge in [-0.3, -0.25) is 4.99 Å². The van der Waals surface area contributed by atoms with Crippen molar-refractivity contribution < 1.29 is 0 Å². The molecule has 0 bridgehead atoms. The Morgan fingerprint density at radius 3 is 3.11 bits per heavy atom. The largest absolute Gasteiger partial charge is 0.388 e. The van der Waals surface area contributed by atoms with Gasteiger partial charge in [-0.25, -0.2) is 0 Å². The van der Waals surface area contributed by atoms with Crippen LogP contribution in [0.25, 0.3) is 0 Å². The molecule has 0 saturated heterocycles. The van der Waals surface area contributed by atoms with Gasteiger partial charge >= 0.3 is 0 Å². The highest BCUT2D eigenvalue weighted by Gasteiger charge is 1.80. The van der Waals surface area contributed by atoms with Gasteiger partial charge in [0.15, 0.2) is 0 Å². The van der Waals surface area contributed by atoms with E-state index in [9.17, 15) is 0 Å². The molecule has 1 aliphatic heterocycles. The maximum Gasteiger partial charge on any atom is 0.0559 e. The SMILES string of the molecule is C1=CNCCN=CCN1. The van der Waals surface area contributed by atoms with E-state index in [4.69, 9.17) is 0 Å². The van der Waals surface area contributed by atoms with Crippen molar-refractivity contribution in [1.82, 2.24) is 10.6 Å². The van der Waals surface area contributed by atoms with Crippen LogP contribution in [0.2, 0.25) is 0 Å². The van der Waals surface area contributed by atoms with E-state index in [1.165, 1.54) is 0 Å². The fraction of sp³-hybridized carbons (Fsp3) is 0.500. The van der Waals surface area contributed by atoms with E-state index in [1.807, 2.05) is 18.6 Å². The molecular formula is C6H11N3. The Labute approximate surface area is 54.9 Å². The lowest BCUT2D eigenvalue weighted by Crippen LogP contribution is -2.10. The quantitative estimate of drug-likeness (QED) is 0.467. The lowest BCUT2D eigenvalue weighted by atomic mass is 10.6. The summed E-state index contributed by atoms with van der Waals surface area (Å²) in [6.45, 7) is 2.62. The second-order valence-electron chi connectivity index (χ2n) is 1.78. The van der Waals surface area contributed by atoms with Crippen molar-refractivity contribution in [2.45, 2.75) is 0 Å². The summed E-state index contributed by atoms with van der Waals surface area (Å²) in [6, 6.07) is 0. The predicted octanol–water partition coefficient (Wildman–Crippen LogP) is -0.279. The predicted molar refractivity (Wildman–Crippen MR) is 38.5 cm³/mol. The fourth-order valence-corrected chi connectivity index (χ4v) is 0.607. The molecule has 0 aliphatic carbocycles. The average molecular weight is 125 g/mol. The van der Waals surface area contributed by atoms with Crippen molar-refractivity contribution in [1.29, 1.82) is 0 Å². The van der Waals surface area contributed by atoms with Crippen molar-refractivity contribution in [2.75, 3.05) is 19.6 Å². The summed E-state index contributed by atoms with van der Waals surface area (Å²) in [7, 11) is 0. The molecule has 0 saturated carbocycles. The van der Waals surface area contributed by atoms with Crippen molar-refractivity contribution >= 4 is 6.21 Å². The van der Waals surface area contributed by atoms with Gasteiger partial charge in [0.05, 0.1) is 6.54 Å². The van der Waals surface area contributed by atoms with Crippen LogP contribution >= 0.6 is 0 Å². The summed E-state index contributed by atoms with van der Waals surface area (Å²) < 4.78 is 0. The molecule has 1 heterocycles. The molecule has 50 valence electrons. The molecule has 0 unspecified atom stereocenters. The van der Waals surface area contributed by atoms with E-state index in [0.717, 1.165) is 19.6 Å². The molecule has 3 heteroatoms. The zero-order valence-electron chi connectivity index (χ0n) is 5.30. The minimum absolute atomic E-state index is 0.832. The van der Waals surface area contributed by atoms with Crippen molar-refractivity contribution in [3.8, 4) is 0 Å². The molecular weight excluding hydrogens is 114 g/mol. The number of nitrogens with one attached hydrogen (secondary N) is 2. The zero-order valence-corrected chi connectivity index (χ0v) is 5.30. The molecule has 0 aromatic rings. The monoisotopic (exact) mass is 125 g/mol. The molecule has 0 aromatic carbocycles. The molecule has 0 aromatic heterocycles. The number of rotatable bonds is 0. The van der Waals surface area contributed by atoms with E-state index >= 15 is 0 Å². The Bertz CT molecular complexity index is 103. The second kappa shape index (κ2) is 3.95. The molecule has 3 nitrogen and oxygen atoms in total. The van der Waals surface area contributed by atoms with Gasteiger partial charge in [0.25, 0.3) is 0 Å². The molecule has 2 N–H and O–H groups in total. The first-order chi connectivity index (χ1) is 4.50. The molecule has 0 fully saturated rings. The Hall–Kier alpha value is -0.990. The summed E-state index contributed by atoms with van der Waals surface area (Å²) in [5, 5.41) is 6.11. The Morgan fingerprint density at radius 1 is 1.22 bits per heavy atom. The van der Waals surface area contributed by atoms with E-state index in [1.54, 1.807) is 0 Å². The first-order valence-corrected chi connectivity index (χ1v) is 3.10. The highest BCUT2D eigenvalue weighted by Crippen LogP contribution is 1.70. The Morgan fingerprint density at radius 2 is 2.11 bits per heavy atom. The van der Waals surface area contributed by atoms with Gasteiger partial charge in [-0.2, -0.15) is 0 Å². The highest BCUT2D eigenvalue weighted by atomic mass is 14.9. The minimum atomic E-state index is 0.832. The standard InChI is InChI=1S/C6H11N3/c1-2-8-5-6-9-4-3-7-1/h1-2,4,7-8H,3,5-6H2. The van der Waals surface area contributed by atoms with E-state index in [0.29, 0.717) is 0 Å². The third kappa shape index (κ3) is 2.74. The molecule has 1 rings (SSSR count). The fourth-order valence-electron chi connectivity index (χ4n) is 0.607. The molecule has 0 amide bonds. The van der Waals surface area contributed by atoms with Crippen molar-refractivity contribution in [3.05, 3.63) is 12.4 Å². The number of aliphatic imine (C=N–C) groups is 1. The van der Waals surface area contributed by atoms with Crippen LogP contribution in [0.4, 0.5) is 0 Å². The first kappa shape index (κ1) is 6.13.